The predicted octanol–water partition coefficient (Wildman–Crippen LogP) is 2.23. The van der Waals surface area contributed by atoms with Gasteiger partial charge in [-0.3, -0.25) is 4.79 Å². The summed E-state index contributed by atoms with van der Waals surface area (Å²) in [5.41, 5.74) is 1.92. The number of halogens is 1. The van der Waals surface area contributed by atoms with Crippen LogP contribution in [0.1, 0.15) is 16.1 Å². The molecule has 0 aliphatic carbocycles. The first kappa shape index (κ1) is 11.1. The summed E-state index contributed by atoms with van der Waals surface area (Å²) in [5.74, 6) is -0.328. The van der Waals surface area contributed by atoms with Crippen LogP contribution in [0, 0.1) is 10.5 Å². The number of aryl methyl sites for hydroxylation is 1. The van der Waals surface area contributed by atoms with E-state index in [1.54, 1.807) is 0 Å². The standard InChI is InChI=1S/C10H8IN3O2/c1-6-4-7(11)2-3-8(6)13-10(15)9-5-12-16-14-9/h2-5H,1H3,(H,13,15). The number of nitrogens with one attached hydrogen (secondary N) is 1. The zero-order valence-electron chi connectivity index (χ0n) is 8.40. The van der Waals surface area contributed by atoms with Crippen molar-refractivity contribution in [3.05, 3.63) is 39.2 Å². The van der Waals surface area contributed by atoms with Gasteiger partial charge in [-0.05, 0) is 58.4 Å². The summed E-state index contributed by atoms with van der Waals surface area (Å²) in [6.07, 6.45) is 1.28. The summed E-state index contributed by atoms with van der Waals surface area (Å²) in [7, 11) is 0. The number of anilines is 1. The van der Waals surface area contributed by atoms with Crippen molar-refractivity contribution < 1.29 is 9.42 Å². The fraction of sp³-hybridized carbons (Fsp3) is 0.100. The van der Waals surface area contributed by atoms with Crippen LogP contribution in [0.2, 0.25) is 0 Å². The summed E-state index contributed by atoms with van der Waals surface area (Å²) >= 11 is 2.22. The smallest absolute Gasteiger partial charge is 0.279 e. The first-order valence-corrected chi connectivity index (χ1v) is 5.60. The fourth-order valence-corrected chi connectivity index (χ4v) is 1.87. The fourth-order valence-electron chi connectivity index (χ4n) is 1.22. The van der Waals surface area contributed by atoms with Gasteiger partial charge in [-0.1, -0.05) is 5.16 Å². The van der Waals surface area contributed by atoms with E-state index in [4.69, 9.17) is 0 Å². The van der Waals surface area contributed by atoms with Crippen molar-refractivity contribution in [1.29, 1.82) is 0 Å². The van der Waals surface area contributed by atoms with Gasteiger partial charge in [0.05, 0.1) is 0 Å². The van der Waals surface area contributed by atoms with Crippen molar-refractivity contribution in [2.24, 2.45) is 0 Å². The van der Waals surface area contributed by atoms with Crippen LogP contribution in [0.5, 0.6) is 0 Å². The van der Waals surface area contributed by atoms with Gasteiger partial charge in [0, 0.05) is 9.26 Å². The molecule has 0 unspecified atom stereocenters. The molecule has 0 radical (unpaired) electrons. The van der Waals surface area contributed by atoms with Gasteiger partial charge in [0.25, 0.3) is 5.91 Å². The first-order valence-electron chi connectivity index (χ1n) is 4.52. The number of hydrogen-bond acceptors (Lipinski definition) is 4. The molecule has 0 fully saturated rings. The van der Waals surface area contributed by atoms with Crippen LogP contribution in [0.25, 0.3) is 0 Å². The van der Waals surface area contributed by atoms with E-state index in [9.17, 15) is 4.79 Å². The Balaban J connectivity index is 2.18. The number of amides is 1. The van der Waals surface area contributed by atoms with Crippen molar-refractivity contribution in [3.8, 4) is 0 Å². The van der Waals surface area contributed by atoms with E-state index in [0.717, 1.165) is 14.8 Å². The van der Waals surface area contributed by atoms with E-state index >= 15 is 0 Å². The Morgan fingerprint density at radius 2 is 2.31 bits per heavy atom. The molecule has 1 amide bonds. The molecule has 1 aromatic heterocycles. The highest BCUT2D eigenvalue weighted by atomic mass is 127. The Labute approximate surface area is 105 Å². The van der Waals surface area contributed by atoms with Gasteiger partial charge in [-0.2, -0.15) is 0 Å². The van der Waals surface area contributed by atoms with Crippen LogP contribution in [0.3, 0.4) is 0 Å². The molecule has 2 rings (SSSR count). The molecule has 0 saturated heterocycles. The minimum absolute atomic E-state index is 0.165. The van der Waals surface area contributed by atoms with Crippen molar-refractivity contribution in [1.82, 2.24) is 10.3 Å². The van der Waals surface area contributed by atoms with E-state index in [0.29, 0.717) is 0 Å². The Morgan fingerprint density at radius 1 is 1.50 bits per heavy atom. The topological polar surface area (TPSA) is 68.0 Å². The van der Waals surface area contributed by atoms with Crippen molar-refractivity contribution in [2.75, 3.05) is 5.32 Å². The maximum Gasteiger partial charge on any atom is 0.279 e. The molecular weight excluding hydrogens is 321 g/mol. The van der Waals surface area contributed by atoms with Crippen molar-refractivity contribution in [2.45, 2.75) is 6.92 Å². The van der Waals surface area contributed by atoms with Crippen molar-refractivity contribution in [3.63, 3.8) is 0 Å². The van der Waals surface area contributed by atoms with Crippen LogP contribution in [-0.4, -0.2) is 16.2 Å². The quantitative estimate of drug-likeness (QED) is 0.858. The largest absolute Gasteiger partial charge is 0.320 e. The average Bonchev–Trinajstić information content (AvgIpc) is 2.75. The van der Waals surface area contributed by atoms with E-state index in [2.05, 4.69) is 42.9 Å². The molecule has 6 heteroatoms. The molecule has 82 valence electrons. The van der Waals surface area contributed by atoms with Gasteiger partial charge in [0.1, 0.15) is 6.20 Å². The minimum Gasteiger partial charge on any atom is -0.320 e. The van der Waals surface area contributed by atoms with Crippen LogP contribution >= 0.6 is 22.6 Å². The third kappa shape index (κ3) is 2.38. The van der Waals surface area contributed by atoms with Gasteiger partial charge >= 0.3 is 0 Å². The molecular formula is C10H8IN3O2. The van der Waals surface area contributed by atoms with Crippen LogP contribution in [-0.2, 0) is 0 Å². The molecule has 16 heavy (non-hydrogen) atoms. The first-order chi connectivity index (χ1) is 7.66. The average molecular weight is 329 g/mol. The van der Waals surface area contributed by atoms with Gasteiger partial charge in [0.2, 0.25) is 0 Å². The monoisotopic (exact) mass is 329 g/mol. The highest BCUT2D eigenvalue weighted by Gasteiger charge is 2.11. The molecule has 2 aromatic rings. The van der Waals surface area contributed by atoms with Crippen LogP contribution < -0.4 is 5.32 Å². The summed E-state index contributed by atoms with van der Waals surface area (Å²) in [4.78, 5) is 11.6. The predicted molar refractivity (Wildman–Crippen MR) is 66.1 cm³/mol. The number of carbonyl (C=O) groups excluding carboxylic acids is 1. The lowest BCUT2D eigenvalue weighted by Gasteiger charge is -2.06. The summed E-state index contributed by atoms with van der Waals surface area (Å²) in [6.45, 7) is 1.93. The SMILES string of the molecule is Cc1cc(I)ccc1NC(=O)c1cnon1. The lowest BCUT2D eigenvalue weighted by atomic mass is 10.2. The van der Waals surface area contributed by atoms with E-state index in [-0.39, 0.29) is 11.6 Å². The van der Waals surface area contributed by atoms with Gasteiger partial charge in [-0.25, -0.2) is 4.63 Å². The Kier molecular flexibility index (Phi) is 3.18. The van der Waals surface area contributed by atoms with E-state index < -0.39 is 0 Å². The zero-order chi connectivity index (χ0) is 11.5. The zero-order valence-corrected chi connectivity index (χ0v) is 10.6. The number of aromatic nitrogens is 2. The molecule has 1 heterocycles. The molecule has 0 aliphatic heterocycles. The summed E-state index contributed by atoms with van der Waals surface area (Å²) in [5, 5.41) is 9.57. The molecule has 0 spiro atoms. The van der Waals surface area contributed by atoms with E-state index in [1.165, 1.54) is 6.20 Å². The molecule has 1 aromatic carbocycles. The lowest BCUT2D eigenvalue weighted by molar-refractivity contribution is 0.101. The highest BCUT2D eigenvalue weighted by molar-refractivity contribution is 14.1. The number of rotatable bonds is 2. The molecule has 1 N–H and O–H groups in total. The number of benzene rings is 1. The Bertz CT molecular complexity index is 511. The second-order valence-electron chi connectivity index (χ2n) is 3.21. The normalized spacial score (nSPS) is 10.1. The summed E-state index contributed by atoms with van der Waals surface area (Å²) < 4.78 is 5.48. The summed E-state index contributed by atoms with van der Waals surface area (Å²) in [6, 6.07) is 5.75. The number of carbonyl (C=O) groups is 1. The second kappa shape index (κ2) is 4.60. The number of nitrogens with zero attached hydrogens (tertiary/aromatic N) is 2. The molecule has 0 saturated carbocycles. The lowest BCUT2D eigenvalue weighted by Crippen LogP contribution is -2.13. The minimum atomic E-state index is -0.328. The maximum absolute atomic E-state index is 11.6. The molecule has 5 nitrogen and oxygen atoms in total. The van der Waals surface area contributed by atoms with Crippen LogP contribution in [0.15, 0.2) is 29.0 Å². The van der Waals surface area contributed by atoms with Crippen molar-refractivity contribution >= 4 is 34.2 Å². The number of hydrogen-bond donors (Lipinski definition) is 1. The third-order valence-electron chi connectivity index (χ3n) is 2.03. The molecule has 0 atom stereocenters. The highest BCUT2D eigenvalue weighted by Crippen LogP contribution is 2.18. The van der Waals surface area contributed by atoms with Gasteiger partial charge < -0.3 is 5.32 Å². The van der Waals surface area contributed by atoms with Gasteiger partial charge in [0.15, 0.2) is 5.69 Å². The maximum atomic E-state index is 11.6. The van der Waals surface area contributed by atoms with Gasteiger partial charge in [-0.15, -0.1) is 0 Å². The third-order valence-corrected chi connectivity index (χ3v) is 2.70. The van der Waals surface area contributed by atoms with E-state index in [1.807, 2.05) is 25.1 Å². The van der Waals surface area contributed by atoms with Crippen LogP contribution in [0.4, 0.5) is 5.69 Å². The molecule has 0 bridgehead atoms. The Hall–Kier alpha value is -1.44. The Morgan fingerprint density at radius 3 is 2.94 bits per heavy atom. The second-order valence-corrected chi connectivity index (χ2v) is 4.45. The molecule has 0 aliphatic rings.